The molecule has 1 aromatic rings. The fraction of sp³-hybridized carbons (Fsp3) is 0. The average Bonchev–Trinajstić information content (AvgIpc) is 2.12. The molecule has 80 valence electrons. The number of phenols is 1. The van der Waals surface area contributed by atoms with E-state index in [0.717, 1.165) is 0 Å². The van der Waals surface area contributed by atoms with Crippen molar-refractivity contribution in [1.82, 2.24) is 5.43 Å². The molecule has 0 saturated heterocycles. The first-order valence-corrected chi connectivity index (χ1v) is 4.53. The molecule has 0 atom stereocenters. The normalized spacial score (nSPS) is 10.5. The van der Waals surface area contributed by atoms with Gasteiger partial charge >= 0.3 is 6.03 Å². The van der Waals surface area contributed by atoms with Gasteiger partial charge in [-0.05, 0) is 12.1 Å². The molecule has 0 aliphatic carbocycles. The second-order valence-electron chi connectivity index (χ2n) is 2.56. The third kappa shape index (κ3) is 3.30. The Kier molecular flexibility index (Phi) is 3.76. The molecule has 0 saturated carbocycles. The Balaban J connectivity index is 2.94. The number of urea groups is 1. The first kappa shape index (κ1) is 11.6. The highest BCUT2D eigenvalue weighted by molar-refractivity contribution is 6.36. The van der Waals surface area contributed by atoms with E-state index in [1.54, 1.807) is 0 Å². The predicted molar refractivity (Wildman–Crippen MR) is 58.4 cm³/mol. The van der Waals surface area contributed by atoms with Gasteiger partial charge in [0.05, 0.1) is 11.2 Å². The molecule has 4 N–H and O–H groups in total. The highest BCUT2D eigenvalue weighted by Crippen LogP contribution is 2.29. The van der Waals surface area contributed by atoms with Gasteiger partial charge in [-0.3, -0.25) is 0 Å². The molecular formula is C8H7Cl2N3O2. The lowest BCUT2D eigenvalue weighted by atomic mass is 10.2. The Hall–Kier alpha value is -1.46. The fourth-order valence-corrected chi connectivity index (χ4v) is 1.36. The summed E-state index contributed by atoms with van der Waals surface area (Å²) in [5.74, 6) is -0.170. The Morgan fingerprint density at radius 2 is 2.20 bits per heavy atom. The van der Waals surface area contributed by atoms with Gasteiger partial charge in [-0.15, -0.1) is 0 Å². The fourth-order valence-electron chi connectivity index (χ4n) is 0.850. The van der Waals surface area contributed by atoms with Crippen molar-refractivity contribution < 1.29 is 9.90 Å². The number of rotatable bonds is 2. The predicted octanol–water partition coefficient (Wildman–Crippen LogP) is 1.70. The van der Waals surface area contributed by atoms with Crippen molar-refractivity contribution in [3.63, 3.8) is 0 Å². The molecule has 0 fully saturated rings. The van der Waals surface area contributed by atoms with Gasteiger partial charge in [0.2, 0.25) is 0 Å². The van der Waals surface area contributed by atoms with Crippen LogP contribution in [0.4, 0.5) is 4.79 Å². The zero-order valence-corrected chi connectivity index (χ0v) is 8.88. The largest absolute Gasteiger partial charge is 0.506 e. The highest BCUT2D eigenvalue weighted by Gasteiger charge is 2.05. The van der Waals surface area contributed by atoms with Crippen LogP contribution in [0.5, 0.6) is 5.75 Å². The van der Waals surface area contributed by atoms with E-state index < -0.39 is 6.03 Å². The molecule has 1 aromatic carbocycles. The molecule has 7 heteroatoms. The van der Waals surface area contributed by atoms with Crippen LogP contribution >= 0.6 is 23.2 Å². The van der Waals surface area contributed by atoms with Crippen molar-refractivity contribution in [2.75, 3.05) is 0 Å². The number of benzene rings is 1. The van der Waals surface area contributed by atoms with E-state index in [2.05, 4.69) is 5.10 Å². The number of carbonyl (C=O) groups excluding carboxylic acids is 1. The van der Waals surface area contributed by atoms with Gasteiger partial charge in [0.15, 0.2) is 0 Å². The molecule has 2 amide bonds. The van der Waals surface area contributed by atoms with Crippen molar-refractivity contribution in [2.45, 2.75) is 0 Å². The summed E-state index contributed by atoms with van der Waals surface area (Å²) in [5, 5.41) is 13.4. The van der Waals surface area contributed by atoms with E-state index in [4.69, 9.17) is 28.9 Å². The Morgan fingerprint density at radius 1 is 1.53 bits per heavy atom. The maximum Gasteiger partial charge on any atom is 0.332 e. The van der Waals surface area contributed by atoms with Crippen LogP contribution in [-0.4, -0.2) is 17.4 Å². The van der Waals surface area contributed by atoms with Gasteiger partial charge in [-0.2, -0.15) is 5.10 Å². The summed E-state index contributed by atoms with van der Waals surface area (Å²) in [6.07, 6.45) is 1.18. The minimum absolute atomic E-state index is 0.100. The van der Waals surface area contributed by atoms with E-state index >= 15 is 0 Å². The number of hydrazone groups is 1. The molecule has 0 aliphatic rings. The van der Waals surface area contributed by atoms with Crippen LogP contribution in [0.1, 0.15) is 5.56 Å². The van der Waals surface area contributed by atoms with Crippen LogP contribution in [0, 0.1) is 0 Å². The minimum atomic E-state index is -0.807. The lowest BCUT2D eigenvalue weighted by Crippen LogP contribution is -2.24. The molecule has 5 nitrogen and oxygen atoms in total. The van der Waals surface area contributed by atoms with Gasteiger partial charge in [-0.25, -0.2) is 10.2 Å². The first-order chi connectivity index (χ1) is 7.00. The van der Waals surface area contributed by atoms with Crippen molar-refractivity contribution in [3.8, 4) is 5.75 Å². The van der Waals surface area contributed by atoms with Crippen LogP contribution in [0.15, 0.2) is 17.2 Å². The molecule has 15 heavy (non-hydrogen) atoms. The van der Waals surface area contributed by atoms with Crippen LogP contribution in [0.3, 0.4) is 0 Å². The first-order valence-electron chi connectivity index (χ1n) is 3.77. The van der Waals surface area contributed by atoms with Crippen LogP contribution < -0.4 is 11.2 Å². The number of hydrogen-bond donors (Lipinski definition) is 3. The third-order valence-electron chi connectivity index (χ3n) is 1.44. The Bertz CT molecular complexity index is 421. The van der Waals surface area contributed by atoms with Crippen molar-refractivity contribution in [1.29, 1.82) is 0 Å². The minimum Gasteiger partial charge on any atom is -0.506 e. The van der Waals surface area contributed by atoms with Gasteiger partial charge in [0.25, 0.3) is 0 Å². The Morgan fingerprint density at radius 3 is 2.80 bits per heavy atom. The number of aromatic hydroxyl groups is 1. The van der Waals surface area contributed by atoms with Gasteiger partial charge in [0, 0.05) is 10.6 Å². The number of nitrogens with two attached hydrogens (primary N) is 1. The monoisotopic (exact) mass is 247 g/mol. The molecule has 0 spiro atoms. The van der Waals surface area contributed by atoms with Crippen molar-refractivity contribution in [3.05, 3.63) is 27.7 Å². The van der Waals surface area contributed by atoms with Crippen LogP contribution in [0.25, 0.3) is 0 Å². The summed E-state index contributed by atoms with van der Waals surface area (Å²) in [6.45, 7) is 0. The molecule has 0 aliphatic heterocycles. The summed E-state index contributed by atoms with van der Waals surface area (Å²) in [5.41, 5.74) is 7.03. The topological polar surface area (TPSA) is 87.7 Å². The highest BCUT2D eigenvalue weighted by atomic mass is 35.5. The molecule has 0 heterocycles. The standard InChI is InChI=1S/C8H7Cl2N3O2/c9-5-1-4(3-12-13-8(11)15)7(14)6(10)2-5/h1-3,14H,(H3,11,13,15). The molecular weight excluding hydrogens is 241 g/mol. The third-order valence-corrected chi connectivity index (χ3v) is 1.94. The molecule has 0 bridgehead atoms. The molecule has 1 rings (SSSR count). The number of carbonyl (C=O) groups is 1. The van der Waals surface area contributed by atoms with E-state index in [9.17, 15) is 9.90 Å². The quantitative estimate of drug-likeness (QED) is 0.549. The average molecular weight is 248 g/mol. The summed E-state index contributed by atoms with van der Waals surface area (Å²) >= 11 is 11.3. The summed E-state index contributed by atoms with van der Waals surface area (Å²) in [6, 6.07) is 2.02. The van der Waals surface area contributed by atoms with Crippen LogP contribution in [-0.2, 0) is 0 Å². The van der Waals surface area contributed by atoms with E-state index in [-0.39, 0.29) is 16.3 Å². The maximum atomic E-state index is 10.3. The lowest BCUT2D eigenvalue weighted by molar-refractivity contribution is 0.249. The second-order valence-corrected chi connectivity index (χ2v) is 3.40. The number of hydrogen-bond acceptors (Lipinski definition) is 3. The number of primary amides is 1. The van der Waals surface area contributed by atoms with Crippen molar-refractivity contribution >= 4 is 35.4 Å². The van der Waals surface area contributed by atoms with E-state index in [0.29, 0.717) is 5.02 Å². The van der Waals surface area contributed by atoms with Gasteiger partial charge in [-0.1, -0.05) is 23.2 Å². The number of phenolic OH excluding ortho intramolecular Hbond substituents is 1. The smallest absolute Gasteiger partial charge is 0.332 e. The van der Waals surface area contributed by atoms with Crippen molar-refractivity contribution in [2.24, 2.45) is 10.8 Å². The lowest BCUT2D eigenvalue weighted by Gasteiger charge is -2.01. The van der Waals surface area contributed by atoms with E-state index in [1.165, 1.54) is 18.3 Å². The Labute approximate surface area is 95.5 Å². The SMILES string of the molecule is NC(=O)NN=Cc1cc(Cl)cc(Cl)c1O. The second kappa shape index (κ2) is 4.86. The molecule has 0 aromatic heterocycles. The zero-order chi connectivity index (χ0) is 11.4. The van der Waals surface area contributed by atoms with Gasteiger partial charge in [0.1, 0.15) is 5.75 Å². The number of halogens is 2. The number of amides is 2. The molecule has 0 radical (unpaired) electrons. The van der Waals surface area contributed by atoms with Gasteiger partial charge < -0.3 is 10.8 Å². The maximum absolute atomic E-state index is 10.3. The summed E-state index contributed by atoms with van der Waals surface area (Å²) in [7, 11) is 0. The van der Waals surface area contributed by atoms with Crippen LogP contribution in [0.2, 0.25) is 10.0 Å². The zero-order valence-electron chi connectivity index (χ0n) is 7.37. The molecule has 0 unspecified atom stereocenters. The summed E-state index contributed by atoms with van der Waals surface area (Å²) < 4.78 is 0. The van der Waals surface area contributed by atoms with E-state index in [1.807, 2.05) is 5.43 Å². The number of nitrogens with one attached hydrogen (secondary N) is 1. The number of nitrogens with zero attached hydrogens (tertiary/aromatic N) is 1. The summed E-state index contributed by atoms with van der Waals surface area (Å²) in [4.78, 5) is 10.3.